The smallest absolute Gasteiger partial charge is 0.0202 e. The molecule has 1 aliphatic carbocycles. The molecule has 0 aromatic heterocycles. The van der Waals surface area contributed by atoms with E-state index >= 15 is 0 Å². The molecule has 66 valence electrons. The molecule has 1 saturated heterocycles. The standard InChI is InChI=1S/C11H17N/c1-3-12-8-9(2)10-6-4-5-7-11(10)12/h4,6,10-11H,2-3,5,7-8H2,1H3/t10-,11+/m1/s1. The van der Waals surface area contributed by atoms with Crippen LogP contribution in [0.3, 0.4) is 0 Å². The number of likely N-dealkylation sites (N-methyl/N-ethyl adjacent to an activating group) is 1. The predicted molar refractivity (Wildman–Crippen MR) is 52.0 cm³/mol. The SMILES string of the molecule is C=C1CN(CC)[C@H]2CCC=C[C@H]12. The topological polar surface area (TPSA) is 3.24 Å². The number of fused-ring (bicyclic) bond motifs is 1. The molecule has 1 fully saturated rings. The van der Waals surface area contributed by atoms with Crippen molar-refractivity contribution in [1.82, 2.24) is 4.90 Å². The van der Waals surface area contributed by atoms with Gasteiger partial charge in [0.2, 0.25) is 0 Å². The summed E-state index contributed by atoms with van der Waals surface area (Å²) < 4.78 is 0. The van der Waals surface area contributed by atoms with Crippen LogP contribution in [0.1, 0.15) is 19.8 Å². The maximum Gasteiger partial charge on any atom is 0.0202 e. The van der Waals surface area contributed by atoms with Crippen molar-refractivity contribution in [2.45, 2.75) is 25.8 Å². The number of hydrogen-bond acceptors (Lipinski definition) is 1. The summed E-state index contributed by atoms with van der Waals surface area (Å²) in [7, 11) is 0. The fourth-order valence-corrected chi connectivity index (χ4v) is 2.47. The lowest BCUT2D eigenvalue weighted by Gasteiger charge is -2.27. The lowest BCUT2D eigenvalue weighted by Crippen LogP contribution is -2.33. The normalized spacial score (nSPS) is 35.6. The van der Waals surface area contributed by atoms with Gasteiger partial charge in [0.05, 0.1) is 0 Å². The molecule has 0 spiro atoms. The molecule has 0 N–H and O–H groups in total. The Balaban J connectivity index is 2.19. The van der Waals surface area contributed by atoms with Gasteiger partial charge in [-0.1, -0.05) is 31.2 Å². The summed E-state index contributed by atoms with van der Waals surface area (Å²) in [4.78, 5) is 2.55. The first-order chi connectivity index (χ1) is 5.83. The largest absolute Gasteiger partial charge is 0.296 e. The Hall–Kier alpha value is -0.560. The molecular formula is C11H17N. The molecule has 0 aromatic rings. The van der Waals surface area contributed by atoms with Gasteiger partial charge in [-0.15, -0.1) is 0 Å². The Morgan fingerprint density at radius 3 is 3.25 bits per heavy atom. The van der Waals surface area contributed by atoms with Gasteiger partial charge in [0, 0.05) is 18.5 Å². The number of allylic oxidation sites excluding steroid dienone is 1. The third-order valence-corrected chi connectivity index (χ3v) is 3.14. The average Bonchev–Trinajstić information content (AvgIpc) is 2.44. The van der Waals surface area contributed by atoms with Crippen molar-refractivity contribution < 1.29 is 0 Å². The van der Waals surface area contributed by atoms with E-state index in [2.05, 4.69) is 30.6 Å². The Bertz CT molecular complexity index is 217. The van der Waals surface area contributed by atoms with Crippen LogP contribution in [0.25, 0.3) is 0 Å². The Morgan fingerprint density at radius 2 is 2.50 bits per heavy atom. The fraction of sp³-hybridized carbons (Fsp3) is 0.636. The molecule has 0 saturated carbocycles. The summed E-state index contributed by atoms with van der Waals surface area (Å²) in [5, 5.41) is 0. The zero-order chi connectivity index (χ0) is 8.55. The summed E-state index contributed by atoms with van der Waals surface area (Å²) in [6.45, 7) is 8.68. The molecule has 0 aromatic carbocycles. The van der Waals surface area contributed by atoms with Gasteiger partial charge in [-0.3, -0.25) is 4.90 Å². The molecule has 0 radical (unpaired) electrons. The molecule has 0 amide bonds. The van der Waals surface area contributed by atoms with Crippen LogP contribution >= 0.6 is 0 Å². The Kier molecular flexibility index (Phi) is 2.05. The van der Waals surface area contributed by atoms with Gasteiger partial charge in [-0.05, 0) is 19.4 Å². The van der Waals surface area contributed by atoms with Crippen molar-refractivity contribution in [2.24, 2.45) is 5.92 Å². The molecule has 1 heteroatoms. The van der Waals surface area contributed by atoms with Crippen molar-refractivity contribution in [1.29, 1.82) is 0 Å². The first-order valence-corrected chi connectivity index (χ1v) is 4.91. The highest BCUT2D eigenvalue weighted by molar-refractivity contribution is 5.22. The first-order valence-electron chi connectivity index (χ1n) is 4.91. The summed E-state index contributed by atoms with van der Waals surface area (Å²) in [6, 6.07) is 0.771. The second-order valence-electron chi connectivity index (χ2n) is 3.82. The number of hydrogen-bond donors (Lipinski definition) is 0. The maximum absolute atomic E-state index is 4.14. The zero-order valence-electron chi connectivity index (χ0n) is 7.79. The molecule has 0 unspecified atom stereocenters. The summed E-state index contributed by atoms with van der Waals surface area (Å²) in [6.07, 6.45) is 7.25. The summed E-state index contributed by atoms with van der Waals surface area (Å²) in [5.74, 6) is 0.665. The van der Waals surface area contributed by atoms with Crippen LogP contribution in [0.15, 0.2) is 24.3 Å². The number of rotatable bonds is 1. The first kappa shape index (κ1) is 8.06. The second-order valence-corrected chi connectivity index (χ2v) is 3.82. The Morgan fingerprint density at radius 1 is 1.67 bits per heavy atom. The maximum atomic E-state index is 4.14. The fourth-order valence-electron chi connectivity index (χ4n) is 2.47. The van der Waals surface area contributed by atoms with E-state index in [1.165, 1.54) is 25.0 Å². The zero-order valence-corrected chi connectivity index (χ0v) is 7.79. The molecule has 1 aliphatic heterocycles. The molecule has 1 heterocycles. The van der Waals surface area contributed by atoms with Crippen LogP contribution in [-0.4, -0.2) is 24.0 Å². The van der Waals surface area contributed by atoms with Crippen LogP contribution < -0.4 is 0 Å². The van der Waals surface area contributed by atoms with E-state index in [0.29, 0.717) is 5.92 Å². The van der Waals surface area contributed by atoms with Crippen LogP contribution in [-0.2, 0) is 0 Å². The van der Waals surface area contributed by atoms with Crippen LogP contribution in [0, 0.1) is 5.92 Å². The van der Waals surface area contributed by atoms with E-state index in [9.17, 15) is 0 Å². The molecule has 12 heavy (non-hydrogen) atoms. The number of nitrogens with zero attached hydrogens (tertiary/aromatic N) is 1. The molecule has 0 bridgehead atoms. The highest BCUT2D eigenvalue weighted by atomic mass is 15.2. The van der Waals surface area contributed by atoms with Crippen molar-refractivity contribution >= 4 is 0 Å². The molecule has 2 aliphatic rings. The monoisotopic (exact) mass is 163 g/mol. The molecule has 2 rings (SSSR count). The van der Waals surface area contributed by atoms with Crippen molar-refractivity contribution in [3.63, 3.8) is 0 Å². The van der Waals surface area contributed by atoms with Crippen LogP contribution in [0.5, 0.6) is 0 Å². The van der Waals surface area contributed by atoms with Gasteiger partial charge in [-0.2, -0.15) is 0 Å². The summed E-state index contributed by atoms with van der Waals surface area (Å²) in [5.41, 5.74) is 1.41. The van der Waals surface area contributed by atoms with Gasteiger partial charge >= 0.3 is 0 Å². The van der Waals surface area contributed by atoms with Gasteiger partial charge in [0.25, 0.3) is 0 Å². The third-order valence-electron chi connectivity index (χ3n) is 3.14. The molecular weight excluding hydrogens is 146 g/mol. The highest BCUT2D eigenvalue weighted by Gasteiger charge is 2.34. The lowest BCUT2D eigenvalue weighted by atomic mass is 9.89. The molecule has 1 nitrogen and oxygen atoms in total. The van der Waals surface area contributed by atoms with Gasteiger partial charge in [0.15, 0.2) is 0 Å². The minimum Gasteiger partial charge on any atom is -0.296 e. The average molecular weight is 163 g/mol. The van der Waals surface area contributed by atoms with Crippen molar-refractivity contribution in [2.75, 3.05) is 13.1 Å². The van der Waals surface area contributed by atoms with Gasteiger partial charge in [-0.25, -0.2) is 0 Å². The van der Waals surface area contributed by atoms with E-state index in [4.69, 9.17) is 0 Å². The van der Waals surface area contributed by atoms with Crippen molar-refractivity contribution in [3.05, 3.63) is 24.3 Å². The Labute approximate surface area is 74.8 Å². The van der Waals surface area contributed by atoms with Crippen LogP contribution in [0.2, 0.25) is 0 Å². The van der Waals surface area contributed by atoms with Gasteiger partial charge < -0.3 is 0 Å². The van der Waals surface area contributed by atoms with E-state index in [0.717, 1.165) is 12.6 Å². The minimum absolute atomic E-state index is 0.665. The summed E-state index contributed by atoms with van der Waals surface area (Å²) >= 11 is 0. The van der Waals surface area contributed by atoms with E-state index in [1.807, 2.05) is 0 Å². The highest BCUT2D eigenvalue weighted by Crippen LogP contribution is 2.34. The van der Waals surface area contributed by atoms with E-state index in [-0.39, 0.29) is 0 Å². The lowest BCUT2D eigenvalue weighted by molar-refractivity contribution is 0.234. The van der Waals surface area contributed by atoms with Gasteiger partial charge in [0.1, 0.15) is 0 Å². The quantitative estimate of drug-likeness (QED) is 0.536. The molecule has 2 atom stereocenters. The minimum atomic E-state index is 0.665. The van der Waals surface area contributed by atoms with Crippen LogP contribution in [0.4, 0.5) is 0 Å². The van der Waals surface area contributed by atoms with Crippen molar-refractivity contribution in [3.8, 4) is 0 Å². The second kappa shape index (κ2) is 3.06. The predicted octanol–water partition coefficient (Wildman–Crippen LogP) is 2.21. The van der Waals surface area contributed by atoms with E-state index in [1.54, 1.807) is 0 Å². The third kappa shape index (κ3) is 1.13. The van der Waals surface area contributed by atoms with E-state index < -0.39 is 0 Å². The number of likely N-dealkylation sites (tertiary alicyclic amines) is 1.